The highest BCUT2D eigenvalue weighted by Gasteiger charge is 2.47. The first-order valence-electron chi connectivity index (χ1n) is 9.18. The summed E-state index contributed by atoms with van der Waals surface area (Å²) in [6.45, 7) is 0.147. The van der Waals surface area contributed by atoms with Crippen LogP contribution >= 0.6 is 11.6 Å². The van der Waals surface area contributed by atoms with Crippen LogP contribution < -0.4 is 10.6 Å². The van der Waals surface area contributed by atoms with Crippen molar-refractivity contribution >= 4 is 23.3 Å². The van der Waals surface area contributed by atoms with Crippen molar-refractivity contribution < 1.29 is 18.0 Å². The lowest BCUT2D eigenvalue weighted by Gasteiger charge is -2.33. The van der Waals surface area contributed by atoms with Gasteiger partial charge in [-0.1, -0.05) is 48.0 Å². The van der Waals surface area contributed by atoms with Crippen LogP contribution in [0.4, 0.5) is 19.0 Å². The number of hydrogen-bond acceptors (Lipinski definition) is 4. The van der Waals surface area contributed by atoms with Gasteiger partial charge >= 0.3 is 6.18 Å². The fraction of sp³-hybridized carbons (Fsp3) is 0.250. The molecule has 6 nitrogen and oxygen atoms in total. The molecule has 0 radical (unpaired) electrons. The summed E-state index contributed by atoms with van der Waals surface area (Å²) in [6.07, 6.45) is -1.65. The minimum absolute atomic E-state index is 0.0226. The van der Waals surface area contributed by atoms with Crippen LogP contribution in [-0.2, 0) is 6.54 Å². The quantitative estimate of drug-likeness (QED) is 0.632. The maximum Gasteiger partial charge on any atom is 0.410 e. The molecule has 1 aliphatic heterocycles. The topological polar surface area (TPSA) is 71.8 Å². The molecule has 10 heteroatoms. The number of aromatic nitrogens is 3. The summed E-state index contributed by atoms with van der Waals surface area (Å²) in [5, 5.41) is 9.39. The van der Waals surface area contributed by atoms with Crippen LogP contribution in [0, 0.1) is 0 Å². The van der Waals surface area contributed by atoms with Crippen molar-refractivity contribution in [3.8, 4) is 0 Å². The largest absolute Gasteiger partial charge is 0.410 e. The highest BCUT2D eigenvalue weighted by molar-refractivity contribution is 6.36. The molecular formula is C20H17ClF3N5O. The molecule has 156 valence electrons. The van der Waals surface area contributed by atoms with Gasteiger partial charge in [-0.2, -0.15) is 18.3 Å². The van der Waals surface area contributed by atoms with Gasteiger partial charge in [0.25, 0.3) is 5.91 Å². The number of alkyl halides is 3. The first kappa shape index (κ1) is 20.2. The predicted octanol–water partition coefficient (Wildman–Crippen LogP) is 4.52. The second-order valence-corrected chi connectivity index (χ2v) is 7.28. The van der Waals surface area contributed by atoms with Crippen molar-refractivity contribution in [2.75, 3.05) is 5.32 Å². The molecule has 0 fully saturated rings. The molecule has 2 N–H and O–H groups in total. The van der Waals surface area contributed by atoms with E-state index in [4.69, 9.17) is 11.6 Å². The molecule has 0 bridgehead atoms. The molecule has 0 saturated heterocycles. The summed E-state index contributed by atoms with van der Waals surface area (Å²) < 4.78 is 42.1. The van der Waals surface area contributed by atoms with Crippen molar-refractivity contribution in [1.29, 1.82) is 0 Å². The Hall–Kier alpha value is -3.07. The molecule has 0 aliphatic carbocycles. The molecule has 1 amide bonds. The highest BCUT2D eigenvalue weighted by atomic mass is 35.5. The Morgan fingerprint density at radius 3 is 2.67 bits per heavy atom. The number of carbonyl (C=O) groups is 1. The molecule has 0 saturated carbocycles. The number of rotatable bonds is 4. The normalized spacial score (nSPS) is 18.4. The van der Waals surface area contributed by atoms with E-state index >= 15 is 0 Å². The number of nitrogens with zero attached hydrogens (tertiary/aromatic N) is 3. The van der Waals surface area contributed by atoms with Crippen LogP contribution in [0.1, 0.15) is 40.1 Å². The molecule has 1 aliphatic rings. The average Bonchev–Trinajstić information content (AvgIpc) is 3.08. The van der Waals surface area contributed by atoms with Crippen molar-refractivity contribution in [1.82, 2.24) is 20.1 Å². The SMILES string of the molecule is O=C(NCc1cccnc1)c1nn2c(c1Cl)N[C@@H](c1ccccc1)C[C@H]2C(F)(F)F. The summed E-state index contributed by atoms with van der Waals surface area (Å²) in [4.78, 5) is 16.5. The van der Waals surface area contributed by atoms with Crippen molar-refractivity contribution in [3.05, 3.63) is 76.7 Å². The number of benzene rings is 1. The van der Waals surface area contributed by atoms with Gasteiger partial charge in [0.15, 0.2) is 11.7 Å². The van der Waals surface area contributed by atoms with Crippen LogP contribution in [-0.4, -0.2) is 26.8 Å². The summed E-state index contributed by atoms with van der Waals surface area (Å²) in [5.74, 6) is -0.685. The van der Waals surface area contributed by atoms with Crippen molar-refractivity contribution in [2.45, 2.75) is 31.2 Å². The Kier molecular flexibility index (Phi) is 5.38. The average molecular weight is 436 g/mol. The van der Waals surface area contributed by atoms with Gasteiger partial charge in [-0.25, -0.2) is 4.68 Å². The number of halogens is 4. The van der Waals surface area contributed by atoms with Gasteiger partial charge in [-0.3, -0.25) is 9.78 Å². The van der Waals surface area contributed by atoms with E-state index in [-0.39, 0.29) is 29.5 Å². The first-order valence-corrected chi connectivity index (χ1v) is 9.55. The van der Waals surface area contributed by atoms with E-state index in [9.17, 15) is 18.0 Å². The number of pyridine rings is 1. The molecule has 3 aromatic rings. The molecule has 30 heavy (non-hydrogen) atoms. The number of fused-ring (bicyclic) bond motifs is 1. The van der Waals surface area contributed by atoms with Gasteiger partial charge in [0.05, 0.1) is 6.04 Å². The van der Waals surface area contributed by atoms with Gasteiger partial charge in [0.2, 0.25) is 0 Å². The Balaban J connectivity index is 1.64. The smallest absolute Gasteiger partial charge is 0.362 e. The summed E-state index contributed by atoms with van der Waals surface area (Å²) in [5.41, 5.74) is 1.17. The van der Waals surface area contributed by atoms with Gasteiger partial charge in [-0.15, -0.1) is 0 Å². The molecule has 1 aromatic carbocycles. The van der Waals surface area contributed by atoms with E-state index in [1.54, 1.807) is 54.9 Å². The van der Waals surface area contributed by atoms with Crippen molar-refractivity contribution in [3.63, 3.8) is 0 Å². The van der Waals surface area contributed by atoms with E-state index in [0.29, 0.717) is 5.56 Å². The molecule has 0 unspecified atom stereocenters. The zero-order valence-electron chi connectivity index (χ0n) is 15.5. The van der Waals surface area contributed by atoms with Gasteiger partial charge in [0.1, 0.15) is 10.8 Å². The predicted molar refractivity (Wildman–Crippen MR) is 105 cm³/mol. The highest BCUT2D eigenvalue weighted by Crippen LogP contribution is 2.46. The summed E-state index contributed by atoms with van der Waals surface area (Å²) in [6, 6.07) is 9.73. The van der Waals surface area contributed by atoms with Crippen LogP contribution in [0.2, 0.25) is 5.02 Å². The van der Waals surface area contributed by atoms with Crippen LogP contribution in [0.5, 0.6) is 0 Å². The molecule has 2 atom stereocenters. The Labute approximate surface area is 175 Å². The molecular weight excluding hydrogens is 419 g/mol. The zero-order valence-corrected chi connectivity index (χ0v) is 16.3. The number of nitrogens with one attached hydrogen (secondary N) is 2. The van der Waals surface area contributed by atoms with Crippen molar-refractivity contribution in [2.24, 2.45) is 0 Å². The van der Waals surface area contributed by atoms with Gasteiger partial charge in [-0.05, 0) is 17.2 Å². The first-order chi connectivity index (χ1) is 14.3. The lowest BCUT2D eigenvalue weighted by molar-refractivity contribution is -0.173. The van der Waals surface area contributed by atoms with Gasteiger partial charge in [0, 0.05) is 25.4 Å². The fourth-order valence-corrected chi connectivity index (χ4v) is 3.67. The monoisotopic (exact) mass is 435 g/mol. The van der Waals surface area contributed by atoms with E-state index in [2.05, 4.69) is 20.7 Å². The third-order valence-electron chi connectivity index (χ3n) is 4.89. The zero-order chi connectivity index (χ0) is 21.3. The third-order valence-corrected chi connectivity index (χ3v) is 5.25. The molecule has 4 rings (SSSR count). The lowest BCUT2D eigenvalue weighted by atomic mass is 9.97. The minimum atomic E-state index is -4.55. The van der Waals surface area contributed by atoms with Gasteiger partial charge < -0.3 is 10.6 Å². The lowest BCUT2D eigenvalue weighted by Crippen LogP contribution is -2.35. The molecule has 0 spiro atoms. The maximum absolute atomic E-state index is 13.8. The van der Waals surface area contributed by atoms with Crippen LogP contribution in [0.25, 0.3) is 0 Å². The Morgan fingerprint density at radius 1 is 1.23 bits per heavy atom. The number of anilines is 1. The maximum atomic E-state index is 13.8. The number of carbonyl (C=O) groups excluding carboxylic acids is 1. The molecule has 3 heterocycles. The van der Waals surface area contributed by atoms with E-state index in [0.717, 1.165) is 10.2 Å². The second kappa shape index (κ2) is 7.98. The number of amides is 1. The van der Waals surface area contributed by atoms with E-state index in [1.165, 1.54) is 0 Å². The Bertz CT molecular complexity index is 1040. The number of hydrogen-bond donors (Lipinski definition) is 2. The standard InChI is InChI=1S/C20H17ClF3N5O/c21-16-17(19(30)26-11-12-5-4-8-25-10-12)28-29-15(20(22,23)24)9-14(27-18(16)29)13-6-2-1-3-7-13/h1-8,10,14-15,27H,9,11H2,(H,26,30)/t14-,15+/m1/s1. The molecule has 2 aromatic heterocycles. The van der Waals surface area contributed by atoms with E-state index < -0.39 is 24.2 Å². The fourth-order valence-electron chi connectivity index (χ4n) is 3.41. The van der Waals surface area contributed by atoms with Crippen LogP contribution in [0.15, 0.2) is 54.9 Å². The Morgan fingerprint density at radius 2 is 2.00 bits per heavy atom. The minimum Gasteiger partial charge on any atom is -0.362 e. The summed E-state index contributed by atoms with van der Waals surface area (Å²) in [7, 11) is 0. The second-order valence-electron chi connectivity index (χ2n) is 6.90. The third kappa shape index (κ3) is 3.97. The van der Waals surface area contributed by atoms with Crippen LogP contribution in [0.3, 0.4) is 0 Å². The summed E-state index contributed by atoms with van der Waals surface area (Å²) >= 11 is 6.30. The van der Waals surface area contributed by atoms with E-state index in [1.807, 2.05) is 0 Å².